The second-order valence-corrected chi connectivity index (χ2v) is 8.02. The highest BCUT2D eigenvalue weighted by atomic mass is 35.5. The first-order valence-electron chi connectivity index (χ1n) is 11.0. The molecule has 0 spiro atoms. The van der Waals surface area contributed by atoms with E-state index in [0.29, 0.717) is 34.7 Å². The van der Waals surface area contributed by atoms with Crippen LogP contribution in [-0.4, -0.2) is 39.9 Å². The molecule has 1 aromatic heterocycles. The summed E-state index contributed by atoms with van der Waals surface area (Å²) in [5.74, 6) is 0.736. The van der Waals surface area contributed by atoms with Gasteiger partial charge in [-0.1, -0.05) is 50.5 Å². The normalized spacial score (nSPS) is 12.0. The molecule has 1 atom stereocenters. The fourth-order valence-corrected chi connectivity index (χ4v) is 4.09. The van der Waals surface area contributed by atoms with E-state index >= 15 is 0 Å². The van der Waals surface area contributed by atoms with E-state index in [2.05, 4.69) is 6.92 Å². The number of alkyl halides is 1. The maximum Gasteiger partial charge on any atom is 0.266 e. The van der Waals surface area contributed by atoms with Crippen molar-refractivity contribution in [1.82, 2.24) is 14.5 Å². The van der Waals surface area contributed by atoms with Gasteiger partial charge in [-0.2, -0.15) is 0 Å². The Balaban J connectivity index is 2.18. The van der Waals surface area contributed by atoms with E-state index in [0.717, 1.165) is 25.7 Å². The minimum atomic E-state index is -0.454. The Morgan fingerprint density at radius 2 is 1.84 bits per heavy atom. The molecule has 0 fully saturated rings. The van der Waals surface area contributed by atoms with Gasteiger partial charge in [-0.05, 0) is 37.6 Å². The first kappa shape index (κ1) is 23.8. The van der Waals surface area contributed by atoms with Gasteiger partial charge in [0.05, 0.1) is 29.7 Å². The highest BCUT2D eigenvalue weighted by molar-refractivity contribution is 6.27. The highest BCUT2D eigenvalue weighted by Gasteiger charge is 2.27. The molecule has 0 aliphatic rings. The summed E-state index contributed by atoms with van der Waals surface area (Å²) in [5.41, 5.74) is 0.977. The lowest BCUT2D eigenvalue weighted by molar-refractivity contribution is -0.130. The van der Waals surface area contributed by atoms with E-state index in [1.165, 1.54) is 0 Å². The summed E-state index contributed by atoms with van der Waals surface area (Å²) < 4.78 is 7.10. The summed E-state index contributed by atoms with van der Waals surface area (Å²) in [5, 5.41) is 0.507. The average Bonchev–Trinajstić information content (AvgIpc) is 2.83. The second kappa shape index (κ2) is 11.1. The highest BCUT2D eigenvalue weighted by Crippen LogP contribution is 2.28. The fourth-order valence-electron chi connectivity index (χ4n) is 3.94. The molecular weight excluding hydrogens is 426 g/mol. The van der Waals surface area contributed by atoms with Crippen LogP contribution >= 0.6 is 11.6 Å². The number of rotatable bonds is 10. The predicted octanol–water partition coefficient (Wildman–Crippen LogP) is 5.10. The van der Waals surface area contributed by atoms with Crippen LogP contribution in [0.15, 0.2) is 53.3 Å². The zero-order chi connectivity index (χ0) is 23.1. The third-order valence-corrected chi connectivity index (χ3v) is 5.88. The van der Waals surface area contributed by atoms with Gasteiger partial charge in [0.2, 0.25) is 5.91 Å². The largest absolute Gasteiger partial charge is 0.495 e. The number of nitrogens with zero attached hydrogens (tertiary/aromatic N) is 3. The van der Waals surface area contributed by atoms with Crippen LogP contribution in [0.25, 0.3) is 16.6 Å². The maximum atomic E-state index is 13.6. The number of benzene rings is 2. The molecule has 1 unspecified atom stereocenters. The lowest BCUT2D eigenvalue weighted by atomic mass is 10.1. The monoisotopic (exact) mass is 455 g/mol. The van der Waals surface area contributed by atoms with Gasteiger partial charge in [0.15, 0.2) is 0 Å². The molecule has 170 valence electrons. The number of unbranched alkanes of at least 4 members (excludes halogenated alkanes) is 3. The first-order chi connectivity index (χ1) is 15.5. The van der Waals surface area contributed by atoms with Crippen LogP contribution < -0.4 is 10.3 Å². The van der Waals surface area contributed by atoms with Crippen LogP contribution in [0.4, 0.5) is 0 Å². The first-order valence-corrected chi connectivity index (χ1v) is 11.6. The number of aromatic nitrogens is 2. The minimum absolute atomic E-state index is 0.120. The third kappa shape index (κ3) is 4.96. The maximum absolute atomic E-state index is 13.6. The van der Waals surface area contributed by atoms with Gasteiger partial charge in [0.25, 0.3) is 5.56 Å². The number of hydrogen-bond acceptors (Lipinski definition) is 4. The summed E-state index contributed by atoms with van der Waals surface area (Å²) in [6, 6.07) is 14.1. The number of amides is 1. The molecule has 0 bridgehead atoms. The molecule has 3 aromatic rings. The van der Waals surface area contributed by atoms with E-state index < -0.39 is 6.04 Å². The number of carbonyl (C=O) groups is 1. The molecule has 0 radical (unpaired) electrons. The summed E-state index contributed by atoms with van der Waals surface area (Å²) in [4.78, 5) is 33.0. The Bertz CT molecular complexity index is 1130. The van der Waals surface area contributed by atoms with Crippen molar-refractivity contribution in [2.24, 2.45) is 0 Å². The van der Waals surface area contributed by atoms with E-state index in [1.54, 1.807) is 28.7 Å². The molecule has 0 saturated carbocycles. The minimum Gasteiger partial charge on any atom is -0.495 e. The van der Waals surface area contributed by atoms with Crippen molar-refractivity contribution in [3.8, 4) is 11.4 Å². The lowest BCUT2D eigenvalue weighted by Gasteiger charge is -2.30. The van der Waals surface area contributed by atoms with Crippen molar-refractivity contribution < 1.29 is 9.53 Å². The molecule has 3 rings (SSSR count). The van der Waals surface area contributed by atoms with Crippen LogP contribution in [0.1, 0.15) is 51.4 Å². The van der Waals surface area contributed by atoms with Crippen LogP contribution in [0.2, 0.25) is 0 Å². The molecule has 0 aliphatic carbocycles. The van der Waals surface area contributed by atoms with Crippen LogP contribution in [-0.2, 0) is 4.79 Å². The van der Waals surface area contributed by atoms with Crippen LogP contribution in [0.3, 0.4) is 0 Å². The number of ether oxygens (including phenoxy) is 1. The fraction of sp³-hybridized carbons (Fsp3) is 0.400. The van der Waals surface area contributed by atoms with Crippen LogP contribution in [0.5, 0.6) is 5.75 Å². The number of fused-ring (bicyclic) bond motifs is 1. The number of para-hydroxylation sites is 3. The Morgan fingerprint density at radius 3 is 2.56 bits per heavy atom. The summed E-state index contributed by atoms with van der Waals surface area (Å²) in [6.07, 6.45) is 4.11. The average molecular weight is 456 g/mol. The van der Waals surface area contributed by atoms with Gasteiger partial charge < -0.3 is 9.64 Å². The third-order valence-electron chi connectivity index (χ3n) is 5.66. The Morgan fingerprint density at radius 1 is 1.12 bits per heavy atom. The number of methoxy groups -OCH3 is 1. The number of hydrogen-bond donors (Lipinski definition) is 0. The van der Waals surface area contributed by atoms with Crippen molar-refractivity contribution >= 4 is 28.4 Å². The standard InChI is InChI=1S/C25H30ClN3O3/c1-4-5-6-11-16-28(23(30)17-26)18(2)24-27-20-13-8-7-12-19(20)25(31)29(24)21-14-9-10-15-22(21)32-3/h7-10,12-15,18H,4-6,11,16-17H2,1-3H3. The van der Waals surface area contributed by atoms with Gasteiger partial charge in [0.1, 0.15) is 17.5 Å². The van der Waals surface area contributed by atoms with Crippen molar-refractivity contribution in [3.63, 3.8) is 0 Å². The smallest absolute Gasteiger partial charge is 0.266 e. The van der Waals surface area contributed by atoms with Gasteiger partial charge in [0, 0.05) is 6.54 Å². The van der Waals surface area contributed by atoms with Crippen molar-refractivity contribution in [3.05, 3.63) is 64.7 Å². The number of halogens is 1. The molecular formula is C25H30ClN3O3. The number of carbonyl (C=O) groups excluding carboxylic acids is 1. The van der Waals surface area contributed by atoms with E-state index in [9.17, 15) is 9.59 Å². The summed E-state index contributed by atoms with van der Waals surface area (Å²) in [7, 11) is 1.57. The quantitative estimate of drug-likeness (QED) is 0.315. The molecule has 2 aromatic carbocycles. The summed E-state index contributed by atoms with van der Waals surface area (Å²) in [6.45, 7) is 4.60. The molecule has 1 heterocycles. The van der Waals surface area contributed by atoms with Crippen molar-refractivity contribution in [2.75, 3.05) is 19.5 Å². The van der Waals surface area contributed by atoms with E-state index in [1.807, 2.05) is 43.3 Å². The zero-order valence-corrected chi connectivity index (χ0v) is 19.6. The Kier molecular flexibility index (Phi) is 8.28. The molecule has 6 nitrogen and oxygen atoms in total. The molecule has 0 saturated heterocycles. The Hall–Kier alpha value is -2.86. The van der Waals surface area contributed by atoms with E-state index in [-0.39, 0.29) is 17.3 Å². The van der Waals surface area contributed by atoms with Gasteiger partial charge in [-0.15, -0.1) is 11.6 Å². The van der Waals surface area contributed by atoms with E-state index in [4.69, 9.17) is 21.3 Å². The molecule has 0 N–H and O–H groups in total. The van der Waals surface area contributed by atoms with Gasteiger partial charge in [-0.25, -0.2) is 4.98 Å². The summed E-state index contributed by atoms with van der Waals surface area (Å²) >= 11 is 5.95. The topological polar surface area (TPSA) is 64.4 Å². The van der Waals surface area contributed by atoms with Gasteiger partial charge >= 0.3 is 0 Å². The Labute approximate surface area is 193 Å². The molecule has 7 heteroatoms. The van der Waals surface area contributed by atoms with Crippen LogP contribution in [0, 0.1) is 0 Å². The molecule has 32 heavy (non-hydrogen) atoms. The molecule has 1 amide bonds. The van der Waals surface area contributed by atoms with Crippen molar-refractivity contribution in [2.45, 2.75) is 45.6 Å². The predicted molar refractivity (Wildman–Crippen MR) is 129 cm³/mol. The second-order valence-electron chi connectivity index (χ2n) is 7.76. The lowest BCUT2D eigenvalue weighted by Crippen LogP contribution is -2.38. The SMILES string of the molecule is CCCCCCN(C(=O)CCl)C(C)c1nc2ccccc2c(=O)n1-c1ccccc1OC. The van der Waals surface area contributed by atoms with Gasteiger partial charge in [-0.3, -0.25) is 14.2 Å². The zero-order valence-electron chi connectivity index (χ0n) is 18.9. The van der Waals surface area contributed by atoms with Crippen molar-refractivity contribution in [1.29, 1.82) is 0 Å². The molecule has 0 aliphatic heterocycles.